The number of hydrogen-bond donors (Lipinski definition) is 1. The zero-order valence-corrected chi connectivity index (χ0v) is 6.87. The number of hydrogen-bond acceptors (Lipinski definition) is 6. The van der Waals surface area contributed by atoms with E-state index >= 15 is 0 Å². The predicted octanol–water partition coefficient (Wildman–Crippen LogP) is -0.879. The molecule has 8 heteroatoms. The number of urea groups is 1. The van der Waals surface area contributed by atoms with Gasteiger partial charge in [0.25, 0.3) is 0 Å². The average Bonchev–Trinajstić information content (AvgIpc) is 2.63. The van der Waals surface area contributed by atoms with Gasteiger partial charge in [-0.15, -0.1) is 10.2 Å². The second-order valence-electron chi connectivity index (χ2n) is 2.12. The van der Waals surface area contributed by atoms with Crippen molar-refractivity contribution in [1.82, 2.24) is 15.5 Å². The van der Waals surface area contributed by atoms with E-state index in [1.165, 1.54) is 5.51 Å². The third-order valence-electron chi connectivity index (χ3n) is 1.36. The second kappa shape index (κ2) is 2.59. The fourth-order valence-electron chi connectivity index (χ4n) is 0.839. The number of imide groups is 2. The Hall–Kier alpha value is -1.83. The summed E-state index contributed by atoms with van der Waals surface area (Å²) in [5.41, 5.74) is 1.36. The van der Waals surface area contributed by atoms with Gasteiger partial charge in [0, 0.05) is 0 Å². The Bertz CT molecular complexity index is 386. The molecule has 0 radical (unpaired) electrons. The standard InChI is InChI=1S/C5H2N4O3S/c10-2-3(11)9(4(12)7-2)5-8-6-1-13-5/h1H,(H,7,10,12). The molecule has 13 heavy (non-hydrogen) atoms. The normalized spacial score (nSPS) is 16.6. The molecule has 1 aromatic heterocycles. The lowest BCUT2D eigenvalue weighted by Crippen LogP contribution is -2.30. The Kier molecular flexibility index (Phi) is 1.55. The van der Waals surface area contributed by atoms with Crippen molar-refractivity contribution in [2.45, 2.75) is 0 Å². The van der Waals surface area contributed by atoms with Crippen LogP contribution in [0.3, 0.4) is 0 Å². The molecule has 1 N–H and O–H groups in total. The predicted molar refractivity (Wildman–Crippen MR) is 40.9 cm³/mol. The zero-order chi connectivity index (χ0) is 9.42. The van der Waals surface area contributed by atoms with Crippen LogP contribution in [0.2, 0.25) is 0 Å². The van der Waals surface area contributed by atoms with Gasteiger partial charge in [0.2, 0.25) is 5.13 Å². The molecule has 1 saturated heterocycles. The lowest BCUT2D eigenvalue weighted by Gasteiger charge is -2.03. The van der Waals surface area contributed by atoms with E-state index in [2.05, 4.69) is 10.2 Å². The van der Waals surface area contributed by atoms with Crippen molar-refractivity contribution in [2.24, 2.45) is 0 Å². The Labute approximate surface area is 75.4 Å². The molecule has 1 aliphatic rings. The summed E-state index contributed by atoms with van der Waals surface area (Å²) >= 11 is 1.000. The number of nitrogens with zero attached hydrogens (tertiary/aromatic N) is 3. The number of nitrogens with one attached hydrogen (secondary N) is 1. The van der Waals surface area contributed by atoms with E-state index in [0.717, 1.165) is 11.3 Å². The molecule has 0 spiro atoms. The van der Waals surface area contributed by atoms with Crippen molar-refractivity contribution in [3.05, 3.63) is 5.51 Å². The molecule has 0 unspecified atom stereocenters. The first-order chi connectivity index (χ1) is 6.20. The van der Waals surface area contributed by atoms with Crippen LogP contribution in [0.5, 0.6) is 0 Å². The molecule has 1 aliphatic heterocycles. The van der Waals surface area contributed by atoms with E-state index < -0.39 is 17.8 Å². The van der Waals surface area contributed by atoms with Crippen LogP contribution in [0.1, 0.15) is 0 Å². The van der Waals surface area contributed by atoms with Gasteiger partial charge in [0.15, 0.2) is 0 Å². The van der Waals surface area contributed by atoms with Crippen LogP contribution < -0.4 is 10.2 Å². The molecule has 0 aliphatic carbocycles. The first-order valence-electron chi connectivity index (χ1n) is 3.15. The molecule has 0 bridgehead atoms. The highest BCUT2D eigenvalue weighted by Gasteiger charge is 2.39. The van der Waals surface area contributed by atoms with E-state index in [1.54, 1.807) is 0 Å². The van der Waals surface area contributed by atoms with Gasteiger partial charge in [0.05, 0.1) is 0 Å². The number of anilines is 1. The van der Waals surface area contributed by atoms with E-state index in [0.29, 0.717) is 4.90 Å². The molecule has 0 aromatic carbocycles. The van der Waals surface area contributed by atoms with Crippen molar-refractivity contribution >= 4 is 34.3 Å². The highest BCUT2D eigenvalue weighted by Crippen LogP contribution is 2.18. The molecule has 0 saturated carbocycles. The van der Waals surface area contributed by atoms with Crippen LogP contribution in [-0.4, -0.2) is 28.0 Å². The highest BCUT2D eigenvalue weighted by molar-refractivity contribution is 7.14. The summed E-state index contributed by atoms with van der Waals surface area (Å²) in [6.07, 6.45) is 0. The molecule has 0 atom stereocenters. The number of carbonyl (C=O) groups is 3. The summed E-state index contributed by atoms with van der Waals surface area (Å²) < 4.78 is 0. The van der Waals surface area contributed by atoms with E-state index in [4.69, 9.17) is 0 Å². The maximum Gasteiger partial charge on any atom is 0.338 e. The van der Waals surface area contributed by atoms with Crippen molar-refractivity contribution in [2.75, 3.05) is 4.90 Å². The first-order valence-corrected chi connectivity index (χ1v) is 4.03. The fraction of sp³-hybridized carbons (Fsp3) is 0. The minimum absolute atomic E-state index is 0.0911. The molecule has 1 fully saturated rings. The third-order valence-corrected chi connectivity index (χ3v) is 2.04. The van der Waals surface area contributed by atoms with Crippen molar-refractivity contribution in [3.8, 4) is 0 Å². The Morgan fingerprint density at radius 3 is 2.62 bits per heavy atom. The van der Waals surface area contributed by atoms with Gasteiger partial charge in [-0.1, -0.05) is 11.3 Å². The lowest BCUT2D eigenvalue weighted by atomic mass is 10.6. The first kappa shape index (κ1) is 7.80. The Balaban J connectivity index is 2.40. The number of aromatic nitrogens is 2. The van der Waals surface area contributed by atoms with Gasteiger partial charge in [-0.05, 0) is 0 Å². The van der Waals surface area contributed by atoms with Crippen LogP contribution in [-0.2, 0) is 9.59 Å². The average molecular weight is 198 g/mol. The summed E-state index contributed by atoms with van der Waals surface area (Å²) in [6, 6.07) is -0.785. The molecule has 7 nitrogen and oxygen atoms in total. The molecular formula is C5H2N4O3S. The molecule has 2 heterocycles. The Morgan fingerprint density at radius 1 is 1.38 bits per heavy atom. The number of carbonyl (C=O) groups excluding carboxylic acids is 3. The lowest BCUT2D eigenvalue weighted by molar-refractivity contribution is -0.134. The van der Waals surface area contributed by atoms with Crippen LogP contribution in [0.4, 0.5) is 9.93 Å². The van der Waals surface area contributed by atoms with Crippen LogP contribution in [0.15, 0.2) is 5.51 Å². The van der Waals surface area contributed by atoms with Crippen molar-refractivity contribution in [1.29, 1.82) is 0 Å². The van der Waals surface area contributed by atoms with Gasteiger partial charge in [-0.25, -0.2) is 4.79 Å². The Morgan fingerprint density at radius 2 is 2.15 bits per heavy atom. The van der Waals surface area contributed by atoms with Crippen molar-refractivity contribution < 1.29 is 14.4 Å². The summed E-state index contributed by atoms with van der Waals surface area (Å²) in [4.78, 5) is 33.4. The van der Waals surface area contributed by atoms with Gasteiger partial charge in [-0.3, -0.25) is 14.9 Å². The van der Waals surface area contributed by atoms with Crippen LogP contribution in [0.25, 0.3) is 0 Å². The summed E-state index contributed by atoms with van der Waals surface area (Å²) in [5.74, 6) is -1.87. The summed E-state index contributed by atoms with van der Waals surface area (Å²) in [6.45, 7) is 0. The van der Waals surface area contributed by atoms with Crippen LogP contribution in [0, 0.1) is 0 Å². The van der Waals surface area contributed by atoms with Gasteiger partial charge >= 0.3 is 17.8 Å². The van der Waals surface area contributed by atoms with Crippen molar-refractivity contribution in [3.63, 3.8) is 0 Å². The fourth-order valence-corrected chi connectivity index (χ4v) is 1.39. The van der Waals surface area contributed by atoms with E-state index in [9.17, 15) is 14.4 Å². The molecular weight excluding hydrogens is 196 g/mol. The third kappa shape index (κ3) is 1.07. The second-order valence-corrected chi connectivity index (χ2v) is 2.93. The van der Waals surface area contributed by atoms with Gasteiger partial charge in [-0.2, -0.15) is 4.90 Å². The monoisotopic (exact) mass is 198 g/mol. The van der Waals surface area contributed by atoms with E-state index in [1.807, 2.05) is 5.32 Å². The number of rotatable bonds is 1. The van der Waals surface area contributed by atoms with Gasteiger partial charge in [0.1, 0.15) is 5.51 Å². The zero-order valence-electron chi connectivity index (χ0n) is 6.05. The highest BCUT2D eigenvalue weighted by atomic mass is 32.1. The molecule has 2 rings (SSSR count). The maximum absolute atomic E-state index is 11.0. The number of amides is 4. The SMILES string of the molecule is O=C1NC(=O)N(c2nncs2)C1=O. The minimum Gasteiger partial charge on any atom is -0.269 e. The van der Waals surface area contributed by atoms with Gasteiger partial charge < -0.3 is 0 Å². The topological polar surface area (TPSA) is 92.3 Å². The maximum atomic E-state index is 11.0. The van der Waals surface area contributed by atoms with E-state index in [-0.39, 0.29) is 5.13 Å². The summed E-state index contributed by atoms with van der Waals surface area (Å²) in [5, 5.41) is 8.87. The quantitative estimate of drug-likeness (QED) is 0.467. The largest absolute Gasteiger partial charge is 0.338 e. The smallest absolute Gasteiger partial charge is 0.269 e. The van der Waals surface area contributed by atoms with Crippen LogP contribution >= 0.6 is 11.3 Å². The minimum atomic E-state index is -0.944. The molecule has 66 valence electrons. The molecule has 1 aromatic rings. The molecule has 4 amide bonds. The summed E-state index contributed by atoms with van der Waals surface area (Å²) in [7, 11) is 0.